The number of phenols is 1. The molecule has 18 heavy (non-hydrogen) atoms. The van der Waals surface area contributed by atoms with Gasteiger partial charge in [-0.1, -0.05) is 6.07 Å². The minimum Gasteiger partial charge on any atom is -0.505 e. The Bertz CT molecular complexity index is 472. The van der Waals surface area contributed by atoms with Gasteiger partial charge in [-0.3, -0.25) is 4.79 Å². The summed E-state index contributed by atoms with van der Waals surface area (Å²) >= 11 is 0. The van der Waals surface area contributed by atoms with Crippen LogP contribution < -0.4 is 5.73 Å². The van der Waals surface area contributed by atoms with Crippen LogP contribution in [-0.2, 0) is 9.53 Å². The summed E-state index contributed by atoms with van der Waals surface area (Å²) in [5.74, 6) is -1.79. The molecular weight excluding hydrogens is 237 g/mol. The van der Waals surface area contributed by atoms with E-state index in [-0.39, 0.29) is 5.56 Å². The Morgan fingerprint density at radius 2 is 2.06 bits per heavy atom. The lowest BCUT2D eigenvalue weighted by molar-refractivity contribution is -0.152. The quantitative estimate of drug-likeness (QED) is 0.811. The molecule has 0 heterocycles. The van der Waals surface area contributed by atoms with Gasteiger partial charge in [0.15, 0.2) is 11.6 Å². The minimum atomic E-state index is -1.06. The van der Waals surface area contributed by atoms with Gasteiger partial charge in [0.25, 0.3) is 0 Å². The first-order chi connectivity index (χ1) is 8.23. The second-order valence-electron chi connectivity index (χ2n) is 4.82. The Morgan fingerprint density at radius 3 is 2.56 bits per heavy atom. The van der Waals surface area contributed by atoms with E-state index in [9.17, 15) is 14.3 Å². The number of hydrogen-bond acceptors (Lipinski definition) is 4. The Labute approximate surface area is 106 Å². The third-order valence-electron chi connectivity index (χ3n) is 3.19. The number of aryl methyl sites for hydroxylation is 1. The molecule has 1 aromatic carbocycles. The molecule has 1 atom stereocenters. The van der Waals surface area contributed by atoms with Crippen molar-refractivity contribution in [2.75, 3.05) is 7.11 Å². The van der Waals surface area contributed by atoms with Crippen molar-refractivity contribution in [2.24, 2.45) is 11.1 Å². The van der Waals surface area contributed by atoms with Gasteiger partial charge < -0.3 is 15.6 Å². The molecule has 4 nitrogen and oxygen atoms in total. The van der Waals surface area contributed by atoms with Crippen molar-refractivity contribution in [2.45, 2.75) is 26.8 Å². The predicted molar refractivity (Wildman–Crippen MR) is 65.5 cm³/mol. The van der Waals surface area contributed by atoms with Crippen LogP contribution in [0.25, 0.3) is 0 Å². The van der Waals surface area contributed by atoms with Crippen molar-refractivity contribution in [1.29, 1.82) is 0 Å². The molecule has 5 heteroatoms. The number of carbonyl (C=O) groups excluding carboxylic acids is 1. The standard InChI is InChI=1S/C13H18FNO3/c1-7-5-6-8(14)10(16)9(7)11(15)13(2,3)12(17)18-4/h5-6,11,16H,15H2,1-4H3/t11-/m0/s1. The summed E-state index contributed by atoms with van der Waals surface area (Å²) in [5.41, 5.74) is 5.78. The molecule has 0 bridgehead atoms. The zero-order chi connectivity index (χ0) is 14.1. The molecule has 1 aromatic rings. The third kappa shape index (κ3) is 2.31. The van der Waals surface area contributed by atoms with Gasteiger partial charge in [0, 0.05) is 11.6 Å². The van der Waals surface area contributed by atoms with Crippen molar-refractivity contribution in [1.82, 2.24) is 0 Å². The molecule has 0 amide bonds. The maximum absolute atomic E-state index is 13.4. The number of hydrogen-bond donors (Lipinski definition) is 2. The van der Waals surface area contributed by atoms with Gasteiger partial charge in [0.05, 0.1) is 12.5 Å². The molecule has 0 spiro atoms. The van der Waals surface area contributed by atoms with Gasteiger partial charge in [0.1, 0.15) is 0 Å². The van der Waals surface area contributed by atoms with E-state index in [0.717, 1.165) is 6.07 Å². The molecule has 3 N–H and O–H groups in total. The summed E-state index contributed by atoms with van der Waals surface area (Å²) in [6.07, 6.45) is 0. The number of phenolic OH excluding ortho intramolecular Hbond substituents is 1. The van der Waals surface area contributed by atoms with Gasteiger partial charge in [-0.15, -0.1) is 0 Å². The van der Waals surface area contributed by atoms with Crippen LogP contribution in [0.1, 0.15) is 31.0 Å². The summed E-state index contributed by atoms with van der Waals surface area (Å²) in [7, 11) is 1.26. The lowest BCUT2D eigenvalue weighted by atomic mass is 9.79. The predicted octanol–water partition coefficient (Wildman–Crippen LogP) is 2.04. The van der Waals surface area contributed by atoms with Gasteiger partial charge in [-0.05, 0) is 32.4 Å². The van der Waals surface area contributed by atoms with Crippen LogP contribution in [0, 0.1) is 18.2 Å². The molecule has 100 valence electrons. The summed E-state index contributed by atoms with van der Waals surface area (Å²) < 4.78 is 18.0. The SMILES string of the molecule is COC(=O)C(C)(C)[C@@H](N)c1c(C)ccc(F)c1O. The number of nitrogens with two attached hydrogens (primary N) is 1. The molecule has 0 radical (unpaired) electrons. The monoisotopic (exact) mass is 255 g/mol. The van der Waals surface area contributed by atoms with Crippen molar-refractivity contribution in [3.8, 4) is 5.75 Å². The average molecular weight is 255 g/mol. The highest BCUT2D eigenvalue weighted by Crippen LogP contribution is 2.39. The van der Waals surface area contributed by atoms with Crippen LogP contribution in [-0.4, -0.2) is 18.2 Å². The van der Waals surface area contributed by atoms with Crippen molar-refractivity contribution >= 4 is 5.97 Å². The zero-order valence-electron chi connectivity index (χ0n) is 11.0. The molecule has 1 rings (SSSR count). The number of carbonyl (C=O) groups is 1. The second kappa shape index (κ2) is 4.94. The second-order valence-corrected chi connectivity index (χ2v) is 4.82. The summed E-state index contributed by atoms with van der Waals surface area (Å²) in [6, 6.07) is 1.81. The highest BCUT2D eigenvalue weighted by Gasteiger charge is 2.38. The lowest BCUT2D eigenvalue weighted by Crippen LogP contribution is -2.37. The Kier molecular flexibility index (Phi) is 3.96. The maximum atomic E-state index is 13.4. The highest BCUT2D eigenvalue weighted by molar-refractivity contribution is 5.77. The molecule has 0 saturated carbocycles. The van der Waals surface area contributed by atoms with Gasteiger partial charge in [-0.25, -0.2) is 4.39 Å². The first kappa shape index (κ1) is 14.4. The molecule has 0 unspecified atom stereocenters. The Hall–Kier alpha value is -1.62. The van der Waals surface area contributed by atoms with E-state index in [2.05, 4.69) is 4.74 Å². The normalized spacial score (nSPS) is 13.2. The molecule has 0 aromatic heterocycles. The highest BCUT2D eigenvalue weighted by atomic mass is 19.1. The first-order valence-corrected chi connectivity index (χ1v) is 5.55. The number of rotatable bonds is 3. The van der Waals surface area contributed by atoms with Crippen LogP contribution in [0.3, 0.4) is 0 Å². The first-order valence-electron chi connectivity index (χ1n) is 5.55. The van der Waals surface area contributed by atoms with E-state index >= 15 is 0 Å². The number of aromatic hydroxyl groups is 1. The number of methoxy groups -OCH3 is 1. The zero-order valence-corrected chi connectivity index (χ0v) is 11.0. The number of benzene rings is 1. The molecule has 0 fully saturated rings. The van der Waals surface area contributed by atoms with E-state index in [0.29, 0.717) is 5.56 Å². The van der Waals surface area contributed by atoms with Crippen LogP contribution >= 0.6 is 0 Å². The Morgan fingerprint density at radius 1 is 1.50 bits per heavy atom. The van der Waals surface area contributed by atoms with E-state index < -0.39 is 29.0 Å². The van der Waals surface area contributed by atoms with Gasteiger partial charge in [0.2, 0.25) is 0 Å². The maximum Gasteiger partial charge on any atom is 0.313 e. The van der Waals surface area contributed by atoms with E-state index in [1.54, 1.807) is 20.8 Å². The average Bonchev–Trinajstić information content (AvgIpc) is 2.33. The van der Waals surface area contributed by atoms with Crippen LogP contribution in [0.15, 0.2) is 12.1 Å². The molecular formula is C13H18FNO3. The molecule has 0 saturated heterocycles. The third-order valence-corrected chi connectivity index (χ3v) is 3.19. The summed E-state index contributed by atoms with van der Waals surface area (Å²) in [6.45, 7) is 4.88. The largest absolute Gasteiger partial charge is 0.505 e. The Balaban J connectivity index is 3.31. The van der Waals surface area contributed by atoms with Crippen molar-refractivity contribution in [3.05, 3.63) is 29.1 Å². The lowest BCUT2D eigenvalue weighted by Gasteiger charge is -2.30. The minimum absolute atomic E-state index is 0.227. The fourth-order valence-corrected chi connectivity index (χ4v) is 1.83. The van der Waals surface area contributed by atoms with E-state index in [4.69, 9.17) is 5.73 Å². The number of esters is 1. The fraction of sp³-hybridized carbons (Fsp3) is 0.462. The molecule has 0 aliphatic carbocycles. The van der Waals surface area contributed by atoms with Gasteiger partial charge >= 0.3 is 5.97 Å². The van der Waals surface area contributed by atoms with Crippen molar-refractivity contribution < 1.29 is 19.0 Å². The molecule has 0 aliphatic rings. The topological polar surface area (TPSA) is 72.5 Å². The van der Waals surface area contributed by atoms with E-state index in [1.807, 2.05) is 0 Å². The van der Waals surface area contributed by atoms with Gasteiger partial charge in [-0.2, -0.15) is 0 Å². The van der Waals surface area contributed by atoms with Crippen LogP contribution in [0.2, 0.25) is 0 Å². The van der Waals surface area contributed by atoms with Crippen LogP contribution in [0.4, 0.5) is 4.39 Å². The number of halogens is 1. The summed E-state index contributed by atoms with van der Waals surface area (Å²) in [4.78, 5) is 11.7. The number of ether oxygens (including phenoxy) is 1. The van der Waals surface area contributed by atoms with E-state index in [1.165, 1.54) is 13.2 Å². The smallest absolute Gasteiger partial charge is 0.313 e. The molecule has 0 aliphatic heterocycles. The van der Waals surface area contributed by atoms with Crippen LogP contribution in [0.5, 0.6) is 5.75 Å². The van der Waals surface area contributed by atoms with Crippen molar-refractivity contribution in [3.63, 3.8) is 0 Å². The fourth-order valence-electron chi connectivity index (χ4n) is 1.83. The summed E-state index contributed by atoms with van der Waals surface area (Å²) in [5, 5.41) is 9.76.